The van der Waals surface area contributed by atoms with Gasteiger partial charge in [0.1, 0.15) is 17.6 Å². The Morgan fingerprint density at radius 2 is 1.89 bits per heavy atom. The molecule has 0 spiro atoms. The van der Waals surface area contributed by atoms with Gasteiger partial charge in [-0.2, -0.15) is 5.26 Å². The summed E-state index contributed by atoms with van der Waals surface area (Å²) < 4.78 is 5.65. The monoisotopic (exact) mass is 258 g/mol. The van der Waals surface area contributed by atoms with Gasteiger partial charge in [-0.3, -0.25) is 0 Å². The van der Waals surface area contributed by atoms with Gasteiger partial charge in [-0.25, -0.2) is 0 Å². The Balaban J connectivity index is 2.27. The molecule has 3 nitrogen and oxygen atoms in total. The van der Waals surface area contributed by atoms with Crippen LogP contribution in [0.2, 0.25) is 5.02 Å². The van der Waals surface area contributed by atoms with Crippen LogP contribution in [0.25, 0.3) is 0 Å². The number of ether oxygens (including phenoxy) is 1. The van der Waals surface area contributed by atoms with Gasteiger partial charge in [-0.05, 0) is 36.4 Å². The van der Waals surface area contributed by atoms with Gasteiger partial charge in [0.25, 0.3) is 0 Å². The summed E-state index contributed by atoms with van der Waals surface area (Å²) in [6, 6.07) is 14.4. The Hall–Kier alpha value is -2.18. The third-order valence-corrected chi connectivity index (χ3v) is 2.67. The van der Waals surface area contributed by atoms with E-state index in [1.165, 1.54) is 0 Å². The van der Waals surface area contributed by atoms with E-state index in [9.17, 15) is 0 Å². The maximum absolute atomic E-state index is 8.99. The zero-order chi connectivity index (χ0) is 13.0. The van der Waals surface area contributed by atoms with Gasteiger partial charge in [0.2, 0.25) is 0 Å². The van der Waals surface area contributed by atoms with Crippen LogP contribution in [-0.4, -0.2) is 7.05 Å². The first-order valence-corrected chi connectivity index (χ1v) is 5.76. The van der Waals surface area contributed by atoms with E-state index in [-0.39, 0.29) is 0 Å². The lowest BCUT2D eigenvalue weighted by Crippen LogP contribution is -1.90. The highest BCUT2D eigenvalue weighted by atomic mass is 35.5. The summed E-state index contributed by atoms with van der Waals surface area (Å²) in [7, 11) is 1.85. The summed E-state index contributed by atoms with van der Waals surface area (Å²) in [4.78, 5) is 0. The van der Waals surface area contributed by atoms with E-state index >= 15 is 0 Å². The van der Waals surface area contributed by atoms with Gasteiger partial charge in [0, 0.05) is 23.8 Å². The minimum atomic E-state index is 0.456. The summed E-state index contributed by atoms with van der Waals surface area (Å²) >= 11 is 5.89. The molecule has 0 unspecified atom stereocenters. The largest absolute Gasteiger partial charge is 0.456 e. The second-order valence-corrected chi connectivity index (χ2v) is 4.07. The number of benzene rings is 2. The highest BCUT2D eigenvalue weighted by Gasteiger charge is 2.05. The van der Waals surface area contributed by atoms with E-state index < -0.39 is 0 Å². The molecule has 0 fully saturated rings. The normalized spacial score (nSPS) is 9.61. The van der Waals surface area contributed by atoms with E-state index in [2.05, 4.69) is 11.4 Å². The molecule has 0 aliphatic carbocycles. The van der Waals surface area contributed by atoms with Crippen molar-refractivity contribution in [3.05, 3.63) is 53.1 Å². The fraction of sp³-hybridized carbons (Fsp3) is 0.0714. The molecule has 2 rings (SSSR count). The average Bonchev–Trinajstić information content (AvgIpc) is 2.40. The molecule has 18 heavy (non-hydrogen) atoms. The predicted octanol–water partition coefficient (Wildman–Crippen LogP) is 4.05. The number of hydrogen-bond donors (Lipinski definition) is 1. The molecule has 0 bridgehead atoms. The number of hydrogen-bond acceptors (Lipinski definition) is 3. The first-order valence-electron chi connectivity index (χ1n) is 5.38. The maximum Gasteiger partial charge on any atom is 0.146 e. The van der Waals surface area contributed by atoms with Crippen LogP contribution >= 0.6 is 11.6 Å². The van der Waals surface area contributed by atoms with Crippen LogP contribution in [-0.2, 0) is 0 Å². The van der Waals surface area contributed by atoms with Crippen molar-refractivity contribution in [2.24, 2.45) is 0 Å². The number of nitriles is 1. The molecule has 90 valence electrons. The SMILES string of the molecule is CNc1ccc(Oc2cc(Cl)ccc2C#N)cc1. The molecular formula is C14H11ClN2O. The fourth-order valence-electron chi connectivity index (χ4n) is 1.49. The summed E-state index contributed by atoms with van der Waals surface area (Å²) in [6.07, 6.45) is 0. The first kappa shape index (κ1) is 12.3. The lowest BCUT2D eigenvalue weighted by atomic mass is 10.2. The zero-order valence-corrected chi connectivity index (χ0v) is 10.5. The van der Waals surface area contributed by atoms with E-state index in [1.807, 2.05) is 31.3 Å². The Labute approximate surface area is 111 Å². The molecule has 2 aromatic rings. The molecule has 0 heterocycles. The average molecular weight is 259 g/mol. The summed E-state index contributed by atoms with van der Waals surface area (Å²) in [6.45, 7) is 0. The van der Waals surface area contributed by atoms with E-state index in [1.54, 1.807) is 18.2 Å². The van der Waals surface area contributed by atoms with E-state index in [0.29, 0.717) is 22.1 Å². The number of anilines is 1. The molecule has 0 aliphatic rings. The molecule has 0 saturated carbocycles. The van der Waals surface area contributed by atoms with Crippen molar-refractivity contribution in [3.8, 4) is 17.6 Å². The molecule has 0 saturated heterocycles. The van der Waals surface area contributed by atoms with Crippen molar-refractivity contribution >= 4 is 17.3 Å². The fourth-order valence-corrected chi connectivity index (χ4v) is 1.65. The molecule has 4 heteroatoms. The minimum absolute atomic E-state index is 0.456. The lowest BCUT2D eigenvalue weighted by Gasteiger charge is -2.08. The van der Waals surface area contributed by atoms with Gasteiger partial charge >= 0.3 is 0 Å². The van der Waals surface area contributed by atoms with Crippen LogP contribution in [0.4, 0.5) is 5.69 Å². The number of nitrogens with one attached hydrogen (secondary N) is 1. The maximum atomic E-state index is 8.99. The van der Waals surface area contributed by atoms with Crippen molar-refractivity contribution in [1.29, 1.82) is 5.26 Å². The highest BCUT2D eigenvalue weighted by Crippen LogP contribution is 2.28. The molecular weight excluding hydrogens is 248 g/mol. The van der Waals surface area contributed by atoms with Crippen LogP contribution in [0.3, 0.4) is 0 Å². The van der Waals surface area contributed by atoms with Crippen molar-refractivity contribution in [1.82, 2.24) is 0 Å². The molecule has 2 aromatic carbocycles. The summed E-state index contributed by atoms with van der Waals surface area (Å²) in [5.74, 6) is 1.12. The molecule has 0 radical (unpaired) electrons. The van der Waals surface area contributed by atoms with Gasteiger partial charge in [-0.1, -0.05) is 11.6 Å². The standard InChI is InChI=1S/C14H11ClN2O/c1-17-12-4-6-13(7-5-12)18-14-8-11(15)3-2-10(14)9-16/h2-8,17H,1H3. The van der Waals surface area contributed by atoms with Gasteiger partial charge in [0.05, 0.1) is 5.56 Å². The van der Waals surface area contributed by atoms with Crippen LogP contribution in [0.5, 0.6) is 11.5 Å². The van der Waals surface area contributed by atoms with Crippen molar-refractivity contribution in [2.45, 2.75) is 0 Å². The van der Waals surface area contributed by atoms with Gasteiger partial charge in [-0.15, -0.1) is 0 Å². The lowest BCUT2D eigenvalue weighted by molar-refractivity contribution is 0.481. The summed E-state index contributed by atoms with van der Waals surface area (Å²) in [5.41, 5.74) is 1.45. The van der Waals surface area contributed by atoms with Crippen LogP contribution in [0.1, 0.15) is 5.56 Å². The number of nitrogens with zero attached hydrogens (tertiary/aromatic N) is 1. The quantitative estimate of drug-likeness (QED) is 0.903. The van der Waals surface area contributed by atoms with Crippen molar-refractivity contribution in [2.75, 3.05) is 12.4 Å². The highest BCUT2D eigenvalue weighted by molar-refractivity contribution is 6.30. The molecule has 0 amide bonds. The van der Waals surface area contributed by atoms with Crippen LogP contribution < -0.4 is 10.1 Å². The third kappa shape index (κ3) is 2.73. The Morgan fingerprint density at radius 1 is 1.17 bits per heavy atom. The van der Waals surface area contributed by atoms with Gasteiger partial charge < -0.3 is 10.1 Å². The second-order valence-electron chi connectivity index (χ2n) is 3.63. The molecule has 0 atom stereocenters. The topological polar surface area (TPSA) is 45.0 Å². The van der Waals surface area contributed by atoms with Crippen LogP contribution in [0.15, 0.2) is 42.5 Å². The first-order chi connectivity index (χ1) is 8.72. The van der Waals surface area contributed by atoms with Crippen molar-refractivity contribution in [3.63, 3.8) is 0 Å². The third-order valence-electron chi connectivity index (χ3n) is 2.43. The smallest absolute Gasteiger partial charge is 0.146 e. The minimum Gasteiger partial charge on any atom is -0.456 e. The molecule has 0 aliphatic heterocycles. The molecule has 1 N–H and O–H groups in total. The van der Waals surface area contributed by atoms with Crippen LogP contribution in [0, 0.1) is 11.3 Å². The zero-order valence-electron chi connectivity index (χ0n) is 9.77. The van der Waals surface area contributed by atoms with E-state index in [4.69, 9.17) is 21.6 Å². The Bertz CT molecular complexity index is 588. The molecule has 0 aromatic heterocycles. The summed E-state index contributed by atoms with van der Waals surface area (Å²) in [5, 5.41) is 12.5. The Morgan fingerprint density at radius 3 is 2.50 bits per heavy atom. The number of halogens is 1. The predicted molar refractivity (Wildman–Crippen MR) is 72.2 cm³/mol. The van der Waals surface area contributed by atoms with Gasteiger partial charge in [0.15, 0.2) is 0 Å². The van der Waals surface area contributed by atoms with E-state index in [0.717, 1.165) is 5.69 Å². The second kappa shape index (κ2) is 5.44. The number of rotatable bonds is 3. The Kier molecular flexibility index (Phi) is 3.71. The van der Waals surface area contributed by atoms with Crippen molar-refractivity contribution < 1.29 is 4.74 Å².